The Labute approximate surface area is 107 Å². The second-order valence-corrected chi connectivity index (χ2v) is 4.71. The number of methoxy groups -OCH3 is 1. The fraction of sp³-hybridized carbons (Fsp3) is 0.462. The van der Waals surface area contributed by atoms with Crippen LogP contribution in [0.4, 0.5) is 0 Å². The zero-order valence-corrected chi connectivity index (χ0v) is 11.2. The Balaban J connectivity index is 3.07. The van der Waals surface area contributed by atoms with E-state index < -0.39 is 0 Å². The van der Waals surface area contributed by atoms with Gasteiger partial charge >= 0.3 is 0 Å². The van der Waals surface area contributed by atoms with Crippen molar-refractivity contribution < 1.29 is 9.53 Å². The highest BCUT2D eigenvalue weighted by molar-refractivity contribution is 6.31. The molecule has 1 rings (SSSR count). The number of Topliss-reactive ketones (excluding diaryl/α,β-unsaturated/α-hetero) is 1. The Morgan fingerprint density at radius 2 is 2.18 bits per heavy atom. The maximum atomic E-state index is 12.1. The molecule has 0 aromatic heterocycles. The van der Waals surface area contributed by atoms with Crippen LogP contribution in [0.2, 0.25) is 5.02 Å². The van der Waals surface area contributed by atoms with Crippen LogP contribution in [-0.4, -0.2) is 19.4 Å². The molecule has 0 saturated heterocycles. The summed E-state index contributed by atoms with van der Waals surface area (Å²) in [5, 5.41) is 0.548. The molecule has 0 spiro atoms. The summed E-state index contributed by atoms with van der Waals surface area (Å²) in [5.41, 5.74) is 6.92. The first kappa shape index (κ1) is 14.0. The van der Waals surface area contributed by atoms with E-state index in [-0.39, 0.29) is 11.7 Å². The largest absolute Gasteiger partial charge is 0.496 e. The van der Waals surface area contributed by atoms with Gasteiger partial charge in [0.05, 0.1) is 12.7 Å². The van der Waals surface area contributed by atoms with E-state index in [1.807, 2.05) is 13.8 Å². The summed E-state index contributed by atoms with van der Waals surface area (Å²) in [6, 6.07) is 3.43. The second kappa shape index (κ2) is 6.03. The van der Waals surface area contributed by atoms with Gasteiger partial charge in [0.2, 0.25) is 0 Å². The van der Waals surface area contributed by atoms with E-state index in [0.29, 0.717) is 29.3 Å². The van der Waals surface area contributed by atoms with Crippen molar-refractivity contribution in [3.8, 4) is 5.75 Å². The molecule has 1 aromatic carbocycles. The summed E-state index contributed by atoms with van der Waals surface area (Å²) in [5.74, 6) is 0.778. The SMILES string of the molecule is COc1c(C)cc(Cl)cc1C(=O)CC(C)CN. The Bertz CT molecular complexity index is 418. The number of benzene rings is 1. The molecule has 4 heteroatoms. The number of hydrogen-bond acceptors (Lipinski definition) is 3. The predicted molar refractivity (Wildman–Crippen MR) is 69.9 cm³/mol. The van der Waals surface area contributed by atoms with Crippen molar-refractivity contribution in [2.75, 3.05) is 13.7 Å². The highest BCUT2D eigenvalue weighted by Crippen LogP contribution is 2.29. The van der Waals surface area contributed by atoms with Crippen LogP contribution in [-0.2, 0) is 0 Å². The molecule has 1 unspecified atom stereocenters. The molecule has 0 fully saturated rings. The molecule has 1 atom stereocenters. The van der Waals surface area contributed by atoms with Gasteiger partial charge in [-0.1, -0.05) is 18.5 Å². The summed E-state index contributed by atoms with van der Waals surface area (Å²) in [7, 11) is 1.55. The molecule has 17 heavy (non-hydrogen) atoms. The molecule has 0 amide bonds. The second-order valence-electron chi connectivity index (χ2n) is 4.27. The van der Waals surface area contributed by atoms with E-state index in [2.05, 4.69) is 0 Å². The molecule has 1 aromatic rings. The number of hydrogen-bond donors (Lipinski definition) is 1. The maximum Gasteiger partial charge on any atom is 0.166 e. The summed E-state index contributed by atoms with van der Waals surface area (Å²) in [4.78, 5) is 12.1. The third kappa shape index (κ3) is 3.45. The minimum atomic E-state index is 0.0189. The summed E-state index contributed by atoms with van der Waals surface area (Å²) in [6.07, 6.45) is 0.409. The Morgan fingerprint density at radius 3 is 2.71 bits per heavy atom. The van der Waals surface area contributed by atoms with E-state index in [9.17, 15) is 4.79 Å². The monoisotopic (exact) mass is 255 g/mol. The molecular formula is C13H18ClNO2. The zero-order chi connectivity index (χ0) is 13.0. The Hall–Kier alpha value is -1.06. The lowest BCUT2D eigenvalue weighted by Crippen LogP contribution is -2.16. The van der Waals surface area contributed by atoms with Gasteiger partial charge < -0.3 is 10.5 Å². The van der Waals surface area contributed by atoms with Crippen LogP contribution in [0.25, 0.3) is 0 Å². The summed E-state index contributed by atoms with van der Waals surface area (Å²) >= 11 is 5.96. The normalized spacial score (nSPS) is 12.3. The standard InChI is InChI=1S/C13H18ClNO2/c1-8(7-15)4-12(16)11-6-10(14)5-9(2)13(11)17-3/h5-6,8H,4,7,15H2,1-3H3. The summed E-state index contributed by atoms with van der Waals surface area (Å²) in [6.45, 7) is 4.31. The minimum absolute atomic E-state index is 0.0189. The quantitative estimate of drug-likeness (QED) is 0.823. The molecule has 0 aliphatic carbocycles. The van der Waals surface area contributed by atoms with Crippen LogP contribution < -0.4 is 10.5 Å². The van der Waals surface area contributed by atoms with E-state index in [1.165, 1.54) is 0 Å². The van der Waals surface area contributed by atoms with Gasteiger partial charge in [-0.15, -0.1) is 0 Å². The van der Waals surface area contributed by atoms with E-state index in [4.69, 9.17) is 22.1 Å². The lowest BCUT2D eigenvalue weighted by atomic mass is 9.98. The lowest BCUT2D eigenvalue weighted by Gasteiger charge is -2.13. The predicted octanol–water partition coefficient (Wildman–Crippen LogP) is 2.82. The molecule has 0 heterocycles. The molecule has 2 N–H and O–H groups in total. The Morgan fingerprint density at radius 1 is 1.53 bits per heavy atom. The van der Waals surface area contributed by atoms with Gasteiger partial charge in [0, 0.05) is 11.4 Å². The van der Waals surface area contributed by atoms with Gasteiger partial charge in [-0.2, -0.15) is 0 Å². The topological polar surface area (TPSA) is 52.3 Å². The number of carbonyl (C=O) groups excluding carboxylic acids is 1. The zero-order valence-electron chi connectivity index (χ0n) is 10.4. The van der Waals surface area contributed by atoms with Gasteiger partial charge in [0.25, 0.3) is 0 Å². The molecule has 3 nitrogen and oxygen atoms in total. The third-order valence-corrected chi connectivity index (χ3v) is 2.90. The van der Waals surface area contributed by atoms with Crippen molar-refractivity contribution >= 4 is 17.4 Å². The first-order valence-corrected chi connectivity index (χ1v) is 5.94. The molecule has 94 valence electrons. The van der Waals surface area contributed by atoms with E-state index in [1.54, 1.807) is 19.2 Å². The average molecular weight is 256 g/mol. The number of rotatable bonds is 5. The Kier molecular flexibility index (Phi) is 4.97. The number of nitrogens with two attached hydrogens (primary N) is 1. The van der Waals surface area contributed by atoms with Gasteiger partial charge in [0.15, 0.2) is 5.78 Å². The minimum Gasteiger partial charge on any atom is -0.496 e. The number of aryl methyl sites for hydroxylation is 1. The fourth-order valence-electron chi connectivity index (χ4n) is 1.72. The van der Waals surface area contributed by atoms with E-state index in [0.717, 1.165) is 5.56 Å². The van der Waals surface area contributed by atoms with Crippen molar-refractivity contribution in [2.45, 2.75) is 20.3 Å². The number of ketones is 1. The van der Waals surface area contributed by atoms with Gasteiger partial charge in [-0.3, -0.25) is 4.79 Å². The van der Waals surface area contributed by atoms with E-state index >= 15 is 0 Å². The van der Waals surface area contributed by atoms with Gasteiger partial charge in [0.1, 0.15) is 5.75 Å². The smallest absolute Gasteiger partial charge is 0.166 e. The van der Waals surface area contributed by atoms with Crippen LogP contribution in [0.5, 0.6) is 5.75 Å². The molecule has 0 saturated carbocycles. The van der Waals surface area contributed by atoms with Gasteiger partial charge in [-0.05, 0) is 37.1 Å². The van der Waals surface area contributed by atoms with Crippen LogP contribution in [0, 0.1) is 12.8 Å². The van der Waals surface area contributed by atoms with Crippen molar-refractivity contribution in [3.63, 3.8) is 0 Å². The summed E-state index contributed by atoms with van der Waals surface area (Å²) < 4.78 is 5.26. The number of carbonyl (C=O) groups is 1. The van der Waals surface area contributed by atoms with Crippen molar-refractivity contribution in [1.82, 2.24) is 0 Å². The van der Waals surface area contributed by atoms with Crippen LogP contribution >= 0.6 is 11.6 Å². The maximum absolute atomic E-state index is 12.1. The molecule has 0 aliphatic heterocycles. The fourth-order valence-corrected chi connectivity index (χ4v) is 1.99. The van der Waals surface area contributed by atoms with Crippen molar-refractivity contribution in [1.29, 1.82) is 0 Å². The molecule has 0 bridgehead atoms. The number of ether oxygens (including phenoxy) is 1. The molecular weight excluding hydrogens is 238 g/mol. The van der Waals surface area contributed by atoms with Crippen molar-refractivity contribution in [2.24, 2.45) is 11.7 Å². The van der Waals surface area contributed by atoms with Crippen LogP contribution in [0.1, 0.15) is 29.3 Å². The average Bonchev–Trinajstić information content (AvgIpc) is 2.27. The van der Waals surface area contributed by atoms with Crippen molar-refractivity contribution in [3.05, 3.63) is 28.3 Å². The highest BCUT2D eigenvalue weighted by atomic mass is 35.5. The van der Waals surface area contributed by atoms with Crippen LogP contribution in [0.15, 0.2) is 12.1 Å². The third-order valence-electron chi connectivity index (χ3n) is 2.68. The number of halogens is 1. The first-order valence-electron chi connectivity index (χ1n) is 5.57. The lowest BCUT2D eigenvalue weighted by molar-refractivity contribution is 0.0962. The first-order chi connectivity index (χ1) is 7.99. The van der Waals surface area contributed by atoms with Gasteiger partial charge in [-0.25, -0.2) is 0 Å². The molecule has 0 aliphatic rings. The highest BCUT2D eigenvalue weighted by Gasteiger charge is 2.17. The molecule has 0 radical (unpaired) electrons. The van der Waals surface area contributed by atoms with Crippen LogP contribution in [0.3, 0.4) is 0 Å².